The molecule has 2 aromatic heterocycles. The fourth-order valence-electron chi connectivity index (χ4n) is 2.76. The Morgan fingerprint density at radius 1 is 1.33 bits per heavy atom. The van der Waals surface area contributed by atoms with Gasteiger partial charge in [-0.25, -0.2) is 4.39 Å². The summed E-state index contributed by atoms with van der Waals surface area (Å²) < 4.78 is 13.3. The highest BCUT2D eigenvalue weighted by Gasteiger charge is 2.25. The van der Waals surface area contributed by atoms with Gasteiger partial charge in [-0.3, -0.25) is 4.79 Å². The predicted octanol–water partition coefficient (Wildman–Crippen LogP) is 3.11. The third-order valence-corrected chi connectivity index (χ3v) is 4.20. The van der Waals surface area contributed by atoms with Crippen molar-refractivity contribution in [3.63, 3.8) is 0 Å². The molecule has 5 nitrogen and oxygen atoms in total. The van der Waals surface area contributed by atoms with Crippen LogP contribution in [0.3, 0.4) is 0 Å². The Labute approximate surface area is 139 Å². The Morgan fingerprint density at radius 2 is 2.12 bits per heavy atom. The summed E-state index contributed by atoms with van der Waals surface area (Å²) in [5.41, 5.74) is 2.54. The lowest BCUT2D eigenvalue weighted by Gasteiger charge is -2.25. The summed E-state index contributed by atoms with van der Waals surface area (Å²) in [5, 5.41) is 11.5. The number of aromatic amines is 1. The van der Waals surface area contributed by atoms with Crippen molar-refractivity contribution in [3.05, 3.63) is 59.3 Å². The molecule has 1 aromatic carbocycles. The van der Waals surface area contributed by atoms with E-state index in [-0.39, 0.29) is 17.1 Å². The zero-order chi connectivity index (χ0) is 17.3. The molecular weight excluding hydrogens is 307 g/mol. The number of benzene rings is 1. The van der Waals surface area contributed by atoms with E-state index in [4.69, 9.17) is 0 Å². The molecule has 0 aliphatic carbocycles. The molecule has 0 atom stereocenters. The molecule has 0 unspecified atom stereocenters. The van der Waals surface area contributed by atoms with Gasteiger partial charge in [-0.1, -0.05) is 13.8 Å². The van der Waals surface area contributed by atoms with Gasteiger partial charge in [-0.05, 0) is 42.3 Å². The number of halogens is 1. The van der Waals surface area contributed by atoms with Crippen molar-refractivity contribution >= 4 is 16.8 Å². The van der Waals surface area contributed by atoms with Crippen LogP contribution in [0, 0.1) is 12.7 Å². The van der Waals surface area contributed by atoms with Crippen LogP contribution in [0.5, 0.6) is 0 Å². The van der Waals surface area contributed by atoms with Gasteiger partial charge in [-0.15, -0.1) is 5.10 Å². The van der Waals surface area contributed by atoms with Crippen LogP contribution in [0.25, 0.3) is 10.9 Å². The lowest BCUT2D eigenvalue weighted by atomic mass is 9.84. The van der Waals surface area contributed by atoms with E-state index in [1.54, 1.807) is 18.3 Å². The van der Waals surface area contributed by atoms with E-state index in [0.29, 0.717) is 12.2 Å². The molecule has 0 bridgehead atoms. The minimum Gasteiger partial charge on any atom is -0.361 e. The van der Waals surface area contributed by atoms with Crippen LogP contribution in [-0.2, 0) is 5.41 Å². The molecule has 0 radical (unpaired) electrons. The van der Waals surface area contributed by atoms with Gasteiger partial charge in [0.25, 0.3) is 5.91 Å². The van der Waals surface area contributed by atoms with Gasteiger partial charge >= 0.3 is 0 Å². The maximum Gasteiger partial charge on any atom is 0.272 e. The summed E-state index contributed by atoms with van der Waals surface area (Å²) in [7, 11) is 0. The summed E-state index contributed by atoms with van der Waals surface area (Å²) in [6, 6.07) is 6.42. The fourth-order valence-corrected chi connectivity index (χ4v) is 2.76. The van der Waals surface area contributed by atoms with Crippen molar-refractivity contribution in [1.29, 1.82) is 0 Å². The van der Waals surface area contributed by atoms with Crippen molar-refractivity contribution in [2.24, 2.45) is 0 Å². The Balaban J connectivity index is 1.80. The van der Waals surface area contributed by atoms with E-state index in [0.717, 1.165) is 22.0 Å². The highest BCUT2D eigenvalue weighted by molar-refractivity contribution is 5.93. The predicted molar refractivity (Wildman–Crippen MR) is 90.4 cm³/mol. The van der Waals surface area contributed by atoms with Gasteiger partial charge in [-0.2, -0.15) is 5.10 Å². The molecule has 6 heteroatoms. The van der Waals surface area contributed by atoms with E-state index in [1.807, 2.05) is 27.0 Å². The molecule has 0 spiro atoms. The molecule has 1 amide bonds. The van der Waals surface area contributed by atoms with Crippen LogP contribution in [0.15, 0.2) is 36.7 Å². The lowest BCUT2D eigenvalue weighted by molar-refractivity contribution is 0.0939. The summed E-state index contributed by atoms with van der Waals surface area (Å²) in [5.74, 6) is -0.528. The summed E-state index contributed by atoms with van der Waals surface area (Å²) in [6.45, 7) is 6.31. The first-order valence-electron chi connectivity index (χ1n) is 7.72. The maximum absolute atomic E-state index is 13.3. The van der Waals surface area contributed by atoms with Gasteiger partial charge < -0.3 is 10.3 Å². The van der Waals surface area contributed by atoms with Gasteiger partial charge in [0.2, 0.25) is 0 Å². The molecule has 124 valence electrons. The Morgan fingerprint density at radius 3 is 2.88 bits per heavy atom. The maximum atomic E-state index is 13.3. The number of fused-ring (bicyclic) bond motifs is 1. The third kappa shape index (κ3) is 2.99. The first-order chi connectivity index (χ1) is 11.4. The van der Waals surface area contributed by atoms with Gasteiger partial charge in [0, 0.05) is 35.3 Å². The van der Waals surface area contributed by atoms with E-state index in [1.165, 1.54) is 12.1 Å². The lowest BCUT2D eigenvalue weighted by Crippen LogP contribution is -2.37. The SMILES string of the molecule is Cc1ccnnc1C(=O)NCC(C)(C)c1c[nH]c2cc(F)ccc12. The fraction of sp³-hybridized carbons (Fsp3) is 0.278. The first kappa shape index (κ1) is 16.1. The number of aryl methyl sites for hydroxylation is 1. The molecular formula is C18H19FN4O. The number of amides is 1. The zero-order valence-corrected chi connectivity index (χ0v) is 13.9. The molecule has 0 aliphatic heterocycles. The van der Waals surface area contributed by atoms with Crippen molar-refractivity contribution in [2.75, 3.05) is 6.54 Å². The second-order valence-electron chi connectivity index (χ2n) is 6.52. The molecule has 0 fully saturated rings. The number of H-pyrrole nitrogens is 1. The van der Waals surface area contributed by atoms with Gasteiger partial charge in [0.05, 0.1) is 0 Å². The highest BCUT2D eigenvalue weighted by atomic mass is 19.1. The number of carbonyl (C=O) groups is 1. The molecule has 3 rings (SSSR count). The first-order valence-corrected chi connectivity index (χ1v) is 7.72. The summed E-state index contributed by atoms with van der Waals surface area (Å²) >= 11 is 0. The van der Waals surface area contributed by atoms with Crippen molar-refractivity contribution in [2.45, 2.75) is 26.2 Å². The van der Waals surface area contributed by atoms with E-state index in [9.17, 15) is 9.18 Å². The molecule has 0 aliphatic rings. The standard InChI is InChI=1S/C18H19FN4O/c1-11-6-7-22-23-16(11)17(24)21-10-18(2,3)14-9-20-15-8-12(19)4-5-13(14)15/h4-9,20H,10H2,1-3H3,(H,21,24). The number of nitrogens with one attached hydrogen (secondary N) is 2. The Bertz CT molecular complexity index is 901. The largest absolute Gasteiger partial charge is 0.361 e. The van der Waals surface area contributed by atoms with Crippen molar-refractivity contribution in [3.8, 4) is 0 Å². The molecule has 3 aromatic rings. The summed E-state index contributed by atoms with van der Waals surface area (Å²) in [4.78, 5) is 15.4. The average Bonchev–Trinajstić information content (AvgIpc) is 2.97. The van der Waals surface area contributed by atoms with E-state index < -0.39 is 0 Å². The molecule has 24 heavy (non-hydrogen) atoms. The van der Waals surface area contributed by atoms with Crippen LogP contribution in [0.1, 0.15) is 35.5 Å². The normalized spacial score (nSPS) is 11.7. The highest BCUT2D eigenvalue weighted by Crippen LogP contribution is 2.30. The van der Waals surface area contributed by atoms with Crippen LogP contribution >= 0.6 is 0 Å². The van der Waals surface area contributed by atoms with Crippen LogP contribution in [0.4, 0.5) is 4.39 Å². The number of nitrogens with zero attached hydrogens (tertiary/aromatic N) is 2. The van der Waals surface area contributed by atoms with Crippen LogP contribution in [-0.4, -0.2) is 27.6 Å². The van der Waals surface area contributed by atoms with Crippen LogP contribution < -0.4 is 5.32 Å². The van der Waals surface area contributed by atoms with Gasteiger partial charge in [0.15, 0.2) is 5.69 Å². The molecule has 2 N–H and O–H groups in total. The quantitative estimate of drug-likeness (QED) is 0.774. The summed E-state index contributed by atoms with van der Waals surface area (Å²) in [6.07, 6.45) is 3.42. The smallest absolute Gasteiger partial charge is 0.272 e. The monoisotopic (exact) mass is 326 g/mol. The number of aromatic nitrogens is 3. The molecule has 0 saturated heterocycles. The van der Waals surface area contributed by atoms with E-state index >= 15 is 0 Å². The third-order valence-electron chi connectivity index (χ3n) is 4.20. The zero-order valence-electron chi connectivity index (χ0n) is 13.9. The van der Waals surface area contributed by atoms with Crippen molar-refractivity contribution < 1.29 is 9.18 Å². The second kappa shape index (κ2) is 6.03. The Hall–Kier alpha value is -2.76. The Kier molecular flexibility index (Phi) is 4.05. The number of hydrogen-bond acceptors (Lipinski definition) is 3. The number of rotatable bonds is 4. The van der Waals surface area contributed by atoms with E-state index in [2.05, 4.69) is 20.5 Å². The minimum atomic E-state index is -0.331. The molecule has 2 heterocycles. The number of hydrogen-bond donors (Lipinski definition) is 2. The minimum absolute atomic E-state index is 0.250. The topological polar surface area (TPSA) is 70.7 Å². The van der Waals surface area contributed by atoms with Crippen LogP contribution in [0.2, 0.25) is 0 Å². The average molecular weight is 326 g/mol. The molecule has 0 saturated carbocycles. The second-order valence-corrected chi connectivity index (χ2v) is 6.52. The van der Waals surface area contributed by atoms with Gasteiger partial charge in [0.1, 0.15) is 5.82 Å². The van der Waals surface area contributed by atoms with Crippen molar-refractivity contribution in [1.82, 2.24) is 20.5 Å². The number of carbonyl (C=O) groups excluding carboxylic acids is 1.